The van der Waals surface area contributed by atoms with Crippen molar-refractivity contribution in [3.05, 3.63) is 23.8 Å². The van der Waals surface area contributed by atoms with Crippen molar-refractivity contribution in [2.75, 3.05) is 11.9 Å². The summed E-state index contributed by atoms with van der Waals surface area (Å²) in [4.78, 5) is 23.6. The maximum Gasteiger partial charge on any atom is 0.262 e. The number of carbonyl (C=O) groups excluding carboxylic acids is 2. The van der Waals surface area contributed by atoms with Gasteiger partial charge in [0, 0.05) is 12.1 Å². The standard InChI is InChI=1S/C18H27N3O3/c1-5-6-11(2)19-18(23)13(4)20-12(3)14-7-8-16-15(9-14)21-17(22)10-24-16/h7-9,11-13,20H,5-6,10H2,1-4H3,(H,19,23)(H,21,22)/t11-,12-,13-/m0/s1. The molecule has 3 N–H and O–H groups in total. The topological polar surface area (TPSA) is 79.5 Å². The third kappa shape index (κ3) is 4.71. The van der Waals surface area contributed by atoms with Crippen molar-refractivity contribution in [3.8, 4) is 5.75 Å². The summed E-state index contributed by atoms with van der Waals surface area (Å²) in [6.45, 7) is 8.02. The van der Waals surface area contributed by atoms with Gasteiger partial charge >= 0.3 is 0 Å². The van der Waals surface area contributed by atoms with E-state index in [2.05, 4.69) is 22.9 Å². The predicted molar refractivity (Wildman–Crippen MR) is 94.1 cm³/mol. The van der Waals surface area contributed by atoms with Gasteiger partial charge in [0.05, 0.1) is 11.7 Å². The summed E-state index contributed by atoms with van der Waals surface area (Å²) in [7, 11) is 0. The second kappa shape index (κ2) is 8.15. The minimum absolute atomic E-state index is 0.00241. The Labute approximate surface area is 143 Å². The van der Waals surface area contributed by atoms with Gasteiger partial charge in [-0.15, -0.1) is 0 Å². The molecule has 0 aliphatic carbocycles. The van der Waals surface area contributed by atoms with Crippen molar-refractivity contribution < 1.29 is 14.3 Å². The van der Waals surface area contributed by atoms with Crippen molar-refractivity contribution in [2.24, 2.45) is 0 Å². The van der Waals surface area contributed by atoms with Gasteiger partial charge < -0.3 is 15.4 Å². The molecule has 0 fully saturated rings. The lowest BCUT2D eigenvalue weighted by Gasteiger charge is -2.24. The molecule has 1 heterocycles. The van der Waals surface area contributed by atoms with Crippen molar-refractivity contribution in [1.82, 2.24) is 10.6 Å². The highest BCUT2D eigenvalue weighted by Gasteiger charge is 2.20. The van der Waals surface area contributed by atoms with Crippen molar-refractivity contribution in [2.45, 2.75) is 58.7 Å². The quantitative estimate of drug-likeness (QED) is 0.716. The average Bonchev–Trinajstić information content (AvgIpc) is 2.54. The van der Waals surface area contributed by atoms with Gasteiger partial charge in [-0.05, 0) is 44.9 Å². The summed E-state index contributed by atoms with van der Waals surface area (Å²) in [5.74, 6) is 0.514. The maximum absolute atomic E-state index is 12.2. The van der Waals surface area contributed by atoms with Gasteiger partial charge in [-0.25, -0.2) is 0 Å². The van der Waals surface area contributed by atoms with E-state index in [-0.39, 0.29) is 36.5 Å². The molecule has 1 aliphatic rings. The van der Waals surface area contributed by atoms with E-state index < -0.39 is 0 Å². The van der Waals surface area contributed by atoms with E-state index >= 15 is 0 Å². The van der Waals surface area contributed by atoms with E-state index in [9.17, 15) is 9.59 Å². The molecule has 1 aromatic carbocycles. The Kier molecular flexibility index (Phi) is 6.20. The first-order valence-corrected chi connectivity index (χ1v) is 8.53. The van der Waals surface area contributed by atoms with Gasteiger partial charge in [-0.1, -0.05) is 19.4 Å². The molecule has 0 bridgehead atoms. The van der Waals surface area contributed by atoms with Crippen LogP contribution in [0, 0.1) is 0 Å². The zero-order chi connectivity index (χ0) is 17.7. The first-order valence-electron chi connectivity index (χ1n) is 8.53. The molecule has 24 heavy (non-hydrogen) atoms. The number of rotatable bonds is 7. The number of carbonyl (C=O) groups is 2. The predicted octanol–water partition coefficient (Wildman–Crippen LogP) is 2.36. The molecule has 0 unspecified atom stereocenters. The fourth-order valence-electron chi connectivity index (χ4n) is 2.79. The normalized spacial score (nSPS) is 17.1. The number of hydrogen-bond acceptors (Lipinski definition) is 4. The van der Waals surface area contributed by atoms with Crippen LogP contribution in [0.15, 0.2) is 18.2 Å². The Morgan fingerprint density at radius 1 is 1.33 bits per heavy atom. The Hall–Kier alpha value is -2.08. The van der Waals surface area contributed by atoms with Gasteiger partial charge in [-0.3, -0.25) is 14.9 Å². The Balaban J connectivity index is 1.96. The summed E-state index contributed by atoms with van der Waals surface area (Å²) >= 11 is 0. The molecule has 1 aromatic rings. The zero-order valence-corrected chi connectivity index (χ0v) is 14.8. The molecule has 2 rings (SSSR count). The first-order chi connectivity index (χ1) is 11.4. The van der Waals surface area contributed by atoms with Crippen LogP contribution in [0.2, 0.25) is 0 Å². The molecule has 1 aliphatic heterocycles. The summed E-state index contributed by atoms with van der Waals surface area (Å²) in [6.07, 6.45) is 2.01. The van der Waals surface area contributed by atoms with Crippen LogP contribution in [-0.2, 0) is 9.59 Å². The number of fused-ring (bicyclic) bond motifs is 1. The molecule has 6 heteroatoms. The maximum atomic E-state index is 12.2. The molecular weight excluding hydrogens is 306 g/mol. The van der Waals surface area contributed by atoms with Crippen LogP contribution >= 0.6 is 0 Å². The van der Waals surface area contributed by atoms with E-state index in [4.69, 9.17) is 4.74 Å². The largest absolute Gasteiger partial charge is 0.482 e. The van der Waals surface area contributed by atoms with E-state index in [0.717, 1.165) is 18.4 Å². The summed E-state index contributed by atoms with van der Waals surface area (Å²) < 4.78 is 5.36. The first kappa shape index (κ1) is 18.3. The molecule has 2 amide bonds. The smallest absolute Gasteiger partial charge is 0.262 e. The lowest BCUT2D eigenvalue weighted by Crippen LogP contribution is -2.46. The molecular formula is C18H27N3O3. The molecule has 0 saturated heterocycles. The fraction of sp³-hybridized carbons (Fsp3) is 0.556. The molecule has 0 spiro atoms. The summed E-state index contributed by atoms with van der Waals surface area (Å²) in [6, 6.07) is 5.51. The van der Waals surface area contributed by atoms with Gasteiger partial charge in [0.25, 0.3) is 5.91 Å². The number of amides is 2. The van der Waals surface area contributed by atoms with Crippen molar-refractivity contribution >= 4 is 17.5 Å². The highest BCUT2D eigenvalue weighted by Crippen LogP contribution is 2.30. The van der Waals surface area contributed by atoms with E-state index in [1.54, 1.807) is 0 Å². The van der Waals surface area contributed by atoms with Crippen molar-refractivity contribution in [1.29, 1.82) is 0 Å². The van der Waals surface area contributed by atoms with Gasteiger partial charge in [0.15, 0.2) is 6.61 Å². The average molecular weight is 333 g/mol. The lowest BCUT2D eigenvalue weighted by molar-refractivity contribution is -0.123. The highest BCUT2D eigenvalue weighted by molar-refractivity contribution is 5.95. The number of hydrogen-bond donors (Lipinski definition) is 3. The number of ether oxygens (including phenoxy) is 1. The minimum atomic E-state index is -0.304. The van der Waals surface area contributed by atoms with Crippen LogP contribution in [0.5, 0.6) is 5.75 Å². The van der Waals surface area contributed by atoms with E-state index in [1.165, 1.54) is 0 Å². The van der Waals surface area contributed by atoms with Crippen LogP contribution in [-0.4, -0.2) is 30.5 Å². The van der Waals surface area contributed by atoms with Crippen LogP contribution < -0.4 is 20.7 Å². The highest BCUT2D eigenvalue weighted by atomic mass is 16.5. The Bertz CT molecular complexity index is 603. The fourth-order valence-corrected chi connectivity index (χ4v) is 2.79. The molecule has 0 saturated carbocycles. The van der Waals surface area contributed by atoms with E-state index in [0.29, 0.717) is 11.4 Å². The molecule has 0 radical (unpaired) electrons. The lowest BCUT2D eigenvalue weighted by atomic mass is 10.1. The summed E-state index contributed by atoms with van der Waals surface area (Å²) in [5, 5.41) is 9.11. The van der Waals surface area contributed by atoms with Crippen LogP contribution in [0.25, 0.3) is 0 Å². The molecule has 0 aromatic heterocycles. The minimum Gasteiger partial charge on any atom is -0.482 e. The Morgan fingerprint density at radius 3 is 2.79 bits per heavy atom. The zero-order valence-electron chi connectivity index (χ0n) is 14.8. The third-order valence-electron chi connectivity index (χ3n) is 4.14. The van der Waals surface area contributed by atoms with Gasteiger partial charge in [0.1, 0.15) is 5.75 Å². The Morgan fingerprint density at radius 2 is 2.08 bits per heavy atom. The molecule has 3 atom stereocenters. The monoisotopic (exact) mass is 333 g/mol. The SMILES string of the molecule is CCC[C@H](C)NC(=O)[C@H](C)N[C@@H](C)c1ccc2c(c1)NC(=O)CO2. The van der Waals surface area contributed by atoms with Crippen LogP contribution in [0.4, 0.5) is 5.69 Å². The second-order valence-corrected chi connectivity index (χ2v) is 6.40. The molecule has 6 nitrogen and oxygen atoms in total. The van der Waals surface area contributed by atoms with Crippen LogP contribution in [0.3, 0.4) is 0 Å². The molecule has 132 valence electrons. The van der Waals surface area contributed by atoms with Crippen molar-refractivity contribution in [3.63, 3.8) is 0 Å². The second-order valence-electron chi connectivity index (χ2n) is 6.40. The summed E-state index contributed by atoms with van der Waals surface area (Å²) in [5.41, 5.74) is 1.66. The number of nitrogens with one attached hydrogen (secondary N) is 3. The number of anilines is 1. The number of benzene rings is 1. The van der Waals surface area contributed by atoms with Crippen LogP contribution in [0.1, 0.15) is 52.1 Å². The van der Waals surface area contributed by atoms with Gasteiger partial charge in [0.2, 0.25) is 5.91 Å². The third-order valence-corrected chi connectivity index (χ3v) is 4.14. The van der Waals surface area contributed by atoms with E-state index in [1.807, 2.05) is 39.0 Å². The van der Waals surface area contributed by atoms with Gasteiger partial charge in [-0.2, -0.15) is 0 Å².